The van der Waals surface area contributed by atoms with E-state index in [0.29, 0.717) is 11.6 Å². The second-order valence-corrected chi connectivity index (χ2v) is 8.70. The van der Waals surface area contributed by atoms with E-state index in [4.69, 9.17) is 0 Å². The molecule has 0 aliphatic carbocycles. The number of sulfonamides is 1. The summed E-state index contributed by atoms with van der Waals surface area (Å²) in [5, 5.41) is 8.74. The minimum Gasteiger partial charge on any atom is -0.380 e. The first-order valence-electron chi connectivity index (χ1n) is 8.45. The molecule has 2 aliphatic heterocycles. The first kappa shape index (κ1) is 16.8. The summed E-state index contributed by atoms with van der Waals surface area (Å²) in [6.45, 7) is 2.97. The van der Waals surface area contributed by atoms with Gasteiger partial charge in [-0.05, 0) is 29.8 Å². The molecule has 1 aromatic heterocycles. The Morgan fingerprint density at radius 3 is 2.46 bits per heavy atom. The lowest BCUT2D eigenvalue weighted by atomic mass is 10.1. The van der Waals surface area contributed by atoms with E-state index < -0.39 is 10.0 Å². The minimum absolute atomic E-state index is 0.530. The first-order chi connectivity index (χ1) is 12.4. The van der Waals surface area contributed by atoms with E-state index in [0.717, 1.165) is 43.0 Å². The Hall–Kier alpha value is -2.61. The smallest absolute Gasteiger partial charge is 0.229 e. The highest BCUT2D eigenvalue weighted by atomic mass is 32.2. The molecule has 7 nitrogen and oxygen atoms in total. The van der Waals surface area contributed by atoms with Gasteiger partial charge in [-0.15, -0.1) is 10.2 Å². The molecule has 136 valence electrons. The number of hydrogen-bond acceptors (Lipinski definition) is 6. The average molecular weight is 371 g/mol. The molecule has 1 aromatic carbocycles. The van der Waals surface area contributed by atoms with Crippen molar-refractivity contribution < 1.29 is 8.42 Å². The van der Waals surface area contributed by atoms with Crippen LogP contribution in [-0.2, 0) is 10.0 Å². The quantitative estimate of drug-likeness (QED) is 0.883. The summed E-state index contributed by atoms with van der Waals surface area (Å²) in [6, 6.07) is 11.1. The zero-order valence-corrected chi connectivity index (χ0v) is 15.6. The van der Waals surface area contributed by atoms with Gasteiger partial charge in [0.05, 0.1) is 11.9 Å². The minimum atomic E-state index is -3.27. The van der Waals surface area contributed by atoms with E-state index >= 15 is 0 Å². The van der Waals surface area contributed by atoms with Crippen molar-refractivity contribution in [2.75, 3.05) is 42.6 Å². The van der Waals surface area contributed by atoms with Crippen LogP contribution in [0.2, 0.25) is 0 Å². The summed E-state index contributed by atoms with van der Waals surface area (Å²) >= 11 is 0. The second kappa shape index (κ2) is 6.28. The van der Waals surface area contributed by atoms with Gasteiger partial charge < -0.3 is 9.80 Å². The van der Waals surface area contributed by atoms with Crippen LogP contribution in [0, 0.1) is 5.92 Å². The fourth-order valence-electron chi connectivity index (χ4n) is 3.55. The van der Waals surface area contributed by atoms with Gasteiger partial charge in [-0.25, -0.2) is 8.42 Å². The molecule has 3 heterocycles. The third kappa shape index (κ3) is 3.50. The van der Waals surface area contributed by atoms with Crippen molar-refractivity contribution in [2.45, 2.75) is 0 Å². The summed E-state index contributed by atoms with van der Waals surface area (Å²) in [4.78, 5) is 4.51. The van der Waals surface area contributed by atoms with Gasteiger partial charge in [0.1, 0.15) is 0 Å². The number of hydrogen-bond donors (Lipinski definition) is 1. The van der Waals surface area contributed by atoms with Crippen LogP contribution in [0.1, 0.15) is 0 Å². The molecular formula is C18H21N5O2S. The molecule has 8 heteroatoms. The van der Waals surface area contributed by atoms with Crippen molar-refractivity contribution >= 4 is 21.5 Å². The van der Waals surface area contributed by atoms with E-state index in [-0.39, 0.29) is 0 Å². The number of aromatic nitrogens is 2. The SMILES string of the molecule is CN1C=C2CN(c3ccc(-c4ccc(NS(C)(=O)=O)cc4)nn3)CC2C1. The van der Waals surface area contributed by atoms with Crippen molar-refractivity contribution in [1.82, 2.24) is 15.1 Å². The first-order valence-corrected chi connectivity index (χ1v) is 10.3. The molecule has 2 aromatic rings. The summed E-state index contributed by atoms with van der Waals surface area (Å²) in [5.74, 6) is 1.48. The zero-order valence-electron chi connectivity index (χ0n) is 14.8. The zero-order chi connectivity index (χ0) is 18.3. The number of benzene rings is 1. The summed E-state index contributed by atoms with van der Waals surface area (Å²) in [5.41, 5.74) is 3.65. The van der Waals surface area contributed by atoms with Gasteiger partial charge in [0, 0.05) is 50.1 Å². The van der Waals surface area contributed by atoms with Crippen LogP contribution in [0.4, 0.5) is 11.5 Å². The Kier molecular flexibility index (Phi) is 4.07. The largest absolute Gasteiger partial charge is 0.380 e. The fourth-order valence-corrected chi connectivity index (χ4v) is 4.11. The number of fused-ring (bicyclic) bond motifs is 1. The normalized spacial score (nSPS) is 19.5. The number of rotatable bonds is 4. The van der Waals surface area contributed by atoms with Crippen LogP contribution in [0.3, 0.4) is 0 Å². The summed E-state index contributed by atoms with van der Waals surface area (Å²) < 4.78 is 25.0. The van der Waals surface area contributed by atoms with Crippen LogP contribution < -0.4 is 9.62 Å². The predicted octanol–water partition coefficient (Wildman–Crippen LogP) is 1.78. The lowest BCUT2D eigenvalue weighted by Crippen LogP contribution is -2.25. The molecule has 4 rings (SSSR count). The van der Waals surface area contributed by atoms with Gasteiger partial charge in [-0.3, -0.25) is 4.72 Å². The Morgan fingerprint density at radius 1 is 1.08 bits per heavy atom. The van der Waals surface area contributed by atoms with E-state index in [1.807, 2.05) is 24.3 Å². The monoisotopic (exact) mass is 371 g/mol. The Morgan fingerprint density at radius 2 is 1.85 bits per heavy atom. The molecule has 26 heavy (non-hydrogen) atoms. The lowest BCUT2D eigenvalue weighted by Gasteiger charge is -2.18. The van der Waals surface area contributed by atoms with Crippen LogP contribution in [0.15, 0.2) is 48.2 Å². The van der Waals surface area contributed by atoms with E-state index in [1.54, 1.807) is 12.1 Å². The number of nitrogens with zero attached hydrogens (tertiary/aromatic N) is 4. The van der Waals surface area contributed by atoms with Gasteiger partial charge >= 0.3 is 0 Å². The standard InChI is InChI=1S/C18H21N5O2S/c1-22-9-14-11-23(12-15(14)10-22)18-8-7-17(19-20-18)13-3-5-16(6-4-13)21-26(2,24)25/h3-9,15,21H,10-12H2,1-2H3. The highest BCUT2D eigenvalue weighted by Gasteiger charge is 2.32. The third-order valence-electron chi connectivity index (χ3n) is 4.69. The van der Waals surface area contributed by atoms with Crippen molar-refractivity contribution in [3.8, 4) is 11.3 Å². The lowest BCUT2D eigenvalue weighted by molar-refractivity contribution is 0.442. The van der Waals surface area contributed by atoms with Crippen LogP contribution >= 0.6 is 0 Å². The van der Waals surface area contributed by atoms with E-state index in [2.05, 4.69) is 38.0 Å². The topological polar surface area (TPSA) is 78.4 Å². The summed E-state index contributed by atoms with van der Waals surface area (Å²) in [6.07, 6.45) is 3.37. The summed E-state index contributed by atoms with van der Waals surface area (Å²) in [7, 11) is -1.16. The molecule has 1 fully saturated rings. The molecule has 0 amide bonds. The molecule has 2 aliphatic rings. The van der Waals surface area contributed by atoms with Crippen molar-refractivity contribution in [3.63, 3.8) is 0 Å². The van der Waals surface area contributed by atoms with Gasteiger partial charge in [0.2, 0.25) is 10.0 Å². The highest BCUT2D eigenvalue weighted by Crippen LogP contribution is 2.31. The van der Waals surface area contributed by atoms with Crippen LogP contribution in [0.25, 0.3) is 11.3 Å². The van der Waals surface area contributed by atoms with Gasteiger partial charge in [-0.2, -0.15) is 0 Å². The highest BCUT2D eigenvalue weighted by molar-refractivity contribution is 7.92. The van der Waals surface area contributed by atoms with Crippen molar-refractivity contribution in [3.05, 3.63) is 48.2 Å². The Bertz CT molecular complexity index is 939. The van der Waals surface area contributed by atoms with E-state index in [9.17, 15) is 8.42 Å². The van der Waals surface area contributed by atoms with Crippen LogP contribution in [-0.4, -0.2) is 56.5 Å². The van der Waals surface area contributed by atoms with Gasteiger partial charge in [0.25, 0.3) is 0 Å². The molecule has 1 atom stereocenters. The molecule has 1 unspecified atom stereocenters. The molecular weight excluding hydrogens is 350 g/mol. The van der Waals surface area contributed by atoms with Crippen molar-refractivity contribution in [1.29, 1.82) is 0 Å². The third-order valence-corrected chi connectivity index (χ3v) is 5.30. The molecule has 0 bridgehead atoms. The maximum Gasteiger partial charge on any atom is 0.229 e. The van der Waals surface area contributed by atoms with Crippen molar-refractivity contribution in [2.24, 2.45) is 5.92 Å². The molecule has 0 saturated carbocycles. The second-order valence-electron chi connectivity index (χ2n) is 6.95. The molecule has 1 N–H and O–H groups in total. The number of nitrogens with one attached hydrogen (secondary N) is 1. The van der Waals surface area contributed by atoms with Gasteiger partial charge in [0.15, 0.2) is 5.82 Å². The fraction of sp³-hybridized carbons (Fsp3) is 0.333. The maximum absolute atomic E-state index is 11.3. The molecule has 0 spiro atoms. The molecule has 0 radical (unpaired) electrons. The average Bonchev–Trinajstić information content (AvgIpc) is 3.12. The number of anilines is 2. The molecule has 1 saturated heterocycles. The van der Waals surface area contributed by atoms with Crippen LogP contribution in [0.5, 0.6) is 0 Å². The van der Waals surface area contributed by atoms with Gasteiger partial charge in [-0.1, -0.05) is 12.1 Å². The predicted molar refractivity (Wildman–Crippen MR) is 102 cm³/mol. The maximum atomic E-state index is 11.3. The Balaban J connectivity index is 1.47. The Labute approximate surface area is 153 Å². The van der Waals surface area contributed by atoms with E-state index in [1.165, 1.54) is 5.57 Å².